The largest absolute Gasteiger partial charge is 0.545 e. The molecule has 0 atom stereocenters. The van der Waals surface area contributed by atoms with E-state index in [1.165, 1.54) is 18.3 Å². The molecule has 0 aliphatic heterocycles. The van der Waals surface area contributed by atoms with Gasteiger partial charge in [0.1, 0.15) is 12.4 Å². The smallest absolute Gasteiger partial charge is 0.329 e. The Morgan fingerprint density at radius 1 is 1.14 bits per heavy atom. The molecule has 9 heteroatoms. The molecule has 8 nitrogen and oxygen atoms in total. The summed E-state index contributed by atoms with van der Waals surface area (Å²) in [5, 5.41) is 17.4. The van der Waals surface area contributed by atoms with Gasteiger partial charge < -0.3 is 20.0 Å². The predicted molar refractivity (Wildman–Crippen MR) is 103 cm³/mol. The molecular formula is C20H17ClN3O5-. The van der Waals surface area contributed by atoms with Gasteiger partial charge >= 0.3 is 11.8 Å². The number of nitrogens with one attached hydrogen (secondary N) is 2. The Kier molecular flexibility index (Phi) is 6.46. The molecule has 2 aromatic rings. The Hall–Kier alpha value is -3.39. The normalized spacial score (nSPS) is 13.1. The second-order valence-electron chi connectivity index (χ2n) is 6.41. The molecule has 0 saturated heterocycles. The highest BCUT2D eigenvalue weighted by atomic mass is 35.5. The zero-order valence-electron chi connectivity index (χ0n) is 15.2. The number of carbonyl (C=O) groups excluding carboxylic acids is 3. The number of nitrogens with zero attached hydrogens (tertiary/aromatic N) is 1. The molecule has 2 aromatic carbocycles. The highest BCUT2D eigenvalue weighted by molar-refractivity contribution is 6.35. The maximum Gasteiger partial charge on any atom is 0.329 e. The molecule has 1 aliphatic carbocycles. The van der Waals surface area contributed by atoms with E-state index < -0.39 is 17.8 Å². The van der Waals surface area contributed by atoms with Gasteiger partial charge in [-0.25, -0.2) is 5.43 Å². The van der Waals surface area contributed by atoms with Gasteiger partial charge in [-0.1, -0.05) is 35.9 Å². The third-order valence-corrected chi connectivity index (χ3v) is 4.33. The number of rotatable bonds is 7. The Labute approximate surface area is 171 Å². The highest BCUT2D eigenvalue weighted by Gasteiger charge is 2.26. The maximum absolute atomic E-state index is 11.6. The van der Waals surface area contributed by atoms with E-state index >= 15 is 0 Å². The van der Waals surface area contributed by atoms with Gasteiger partial charge in [0, 0.05) is 6.04 Å². The fraction of sp³-hybridized carbons (Fsp3) is 0.200. The van der Waals surface area contributed by atoms with Crippen LogP contribution in [-0.2, 0) is 16.2 Å². The van der Waals surface area contributed by atoms with Crippen LogP contribution in [0.2, 0.25) is 5.02 Å². The number of halogens is 1. The van der Waals surface area contributed by atoms with Crippen molar-refractivity contribution in [3.63, 3.8) is 0 Å². The van der Waals surface area contributed by atoms with Gasteiger partial charge in [-0.05, 0) is 47.7 Å². The van der Waals surface area contributed by atoms with Gasteiger partial charge in [-0.15, -0.1) is 0 Å². The maximum atomic E-state index is 11.6. The molecule has 0 radical (unpaired) electrons. The molecule has 2 amide bonds. The van der Waals surface area contributed by atoms with Crippen LogP contribution in [0, 0.1) is 0 Å². The molecule has 29 heavy (non-hydrogen) atoms. The van der Waals surface area contributed by atoms with Crippen molar-refractivity contribution >= 4 is 35.6 Å². The van der Waals surface area contributed by atoms with Crippen LogP contribution in [-0.4, -0.2) is 30.0 Å². The topological polar surface area (TPSA) is 120 Å². The van der Waals surface area contributed by atoms with Crippen LogP contribution in [0.15, 0.2) is 47.6 Å². The first-order valence-corrected chi connectivity index (χ1v) is 9.16. The van der Waals surface area contributed by atoms with Crippen molar-refractivity contribution in [2.24, 2.45) is 5.10 Å². The number of carbonyl (C=O) groups is 3. The van der Waals surface area contributed by atoms with Crippen LogP contribution in [0.4, 0.5) is 0 Å². The lowest BCUT2D eigenvalue weighted by atomic mass is 10.1. The van der Waals surface area contributed by atoms with E-state index in [0.29, 0.717) is 16.3 Å². The van der Waals surface area contributed by atoms with Gasteiger partial charge in [-0.3, -0.25) is 9.59 Å². The lowest BCUT2D eigenvalue weighted by molar-refractivity contribution is -0.255. The summed E-state index contributed by atoms with van der Waals surface area (Å²) in [6.45, 7) is 0.201. The molecule has 3 rings (SSSR count). The number of aromatic carboxylic acids is 1. The zero-order chi connectivity index (χ0) is 20.8. The number of hydrogen-bond donors (Lipinski definition) is 2. The Morgan fingerprint density at radius 2 is 1.86 bits per heavy atom. The van der Waals surface area contributed by atoms with Crippen LogP contribution >= 0.6 is 11.6 Å². The first kappa shape index (κ1) is 20.3. The molecule has 150 valence electrons. The standard InChI is InChI=1S/C20H18ClN3O5/c21-16-9-13(10-22-24-19(26)18(25)23-15-6-7-15)3-8-17(16)29-11-12-1-4-14(5-2-12)20(27)28/h1-5,8-10,15H,6-7,11H2,(H,23,25)(H,24,26)(H,27,28)/p-1/b22-10-. The van der Waals surface area contributed by atoms with Crippen molar-refractivity contribution in [2.75, 3.05) is 0 Å². The van der Waals surface area contributed by atoms with Crippen molar-refractivity contribution < 1.29 is 24.2 Å². The average molecular weight is 415 g/mol. The minimum atomic E-state index is -1.24. The average Bonchev–Trinajstić information content (AvgIpc) is 3.51. The summed E-state index contributed by atoms with van der Waals surface area (Å²) in [6, 6.07) is 11.1. The Morgan fingerprint density at radius 3 is 2.48 bits per heavy atom. The van der Waals surface area contributed by atoms with Crippen molar-refractivity contribution in [2.45, 2.75) is 25.5 Å². The fourth-order valence-electron chi connectivity index (χ4n) is 2.31. The molecule has 1 aliphatic rings. The number of benzene rings is 2. The van der Waals surface area contributed by atoms with Crippen molar-refractivity contribution in [3.8, 4) is 5.75 Å². The molecule has 0 heterocycles. The molecule has 0 aromatic heterocycles. The van der Waals surface area contributed by atoms with Gasteiger partial charge in [0.05, 0.1) is 17.2 Å². The molecule has 0 unspecified atom stereocenters. The number of amides is 2. The summed E-state index contributed by atoms with van der Waals surface area (Å²) in [6.07, 6.45) is 3.14. The van der Waals surface area contributed by atoms with E-state index in [9.17, 15) is 19.5 Å². The van der Waals surface area contributed by atoms with Gasteiger partial charge in [0.2, 0.25) is 0 Å². The van der Waals surface area contributed by atoms with Gasteiger partial charge in [-0.2, -0.15) is 5.10 Å². The Balaban J connectivity index is 1.51. The number of hydrazone groups is 1. The monoisotopic (exact) mass is 414 g/mol. The second kappa shape index (κ2) is 9.20. The van der Waals surface area contributed by atoms with E-state index in [4.69, 9.17) is 16.3 Å². The van der Waals surface area contributed by atoms with Crippen molar-refractivity contribution in [1.82, 2.24) is 10.7 Å². The zero-order valence-corrected chi connectivity index (χ0v) is 15.9. The molecule has 0 spiro atoms. The number of carboxylic acids is 1. The molecule has 1 fully saturated rings. The molecule has 1 saturated carbocycles. The number of carboxylic acid groups (broad SMARTS) is 1. The Bertz CT molecular complexity index is 955. The summed E-state index contributed by atoms with van der Waals surface area (Å²) in [4.78, 5) is 33.8. The van der Waals surface area contributed by atoms with Crippen LogP contribution in [0.1, 0.15) is 34.3 Å². The summed E-state index contributed by atoms with van der Waals surface area (Å²) < 4.78 is 5.63. The summed E-state index contributed by atoms with van der Waals surface area (Å²) in [7, 11) is 0. The molecular weight excluding hydrogens is 398 g/mol. The molecule has 0 bridgehead atoms. The minimum absolute atomic E-state index is 0.0903. The lowest BCUT2D eigenvalue weighted by Crippen LogP contribution is -2.38. The third kappa shape index (κ3) is 6.05. The van der Waals surface area contributed by atoms with E-state index in [1.54, 1.807) is 30.3 Å². The molecule has 2 N–H and O–H groups in total. The van der Waals surface area contributed by atoms with Crippen LogP contribution < -0.4 is 20.6 Å². The van der Waals surface area contributed by atoms with Gasteiger partial charge in [0.25, 0.3) is 0 Å². The van der Waals surface area contributed by atoms with Crippen LogP contribution in [0.5, 0.6) is 5.75 Å². The van der Waals surface area contributed by atoms with Gasteiger partial charge in [0.15, 0.2) is 0 Å². The highest BCUT2D eigenvalue weighted by Crippen LogP contribution is 2.26. The minimum Gasteiger partial charge on any atom is -0.545 e. The third-order valence-electron chi connectivity index (χ3n) is 4.04. The quantitative estimate of drug-likeness (QED) is 0.398. The number of hydrogen-bond acceptors (Lipinski definition) is 6. The lowest BCUT2D eigenvalue weighted by Gasteiger charge is -2.09. The first-order valence-electron chi connectivity index (χ1n) is 8.79. The van der Waals surface area contributed by atoms with E-state index in [2.05, 4.69) is 15.8 Å². The van der Waals surface area contributed by atoms with Crippen LogP contribution in [0.3, 0.4) is 0 Å². The van der Waals surface area contributed by atoms with Crippen molar-refractivity contribution in [3.05, 3.63) is 64.2 Å². The second-order valence-corrected chi connectivity index (χ2v) is 6.82. The predicted octanol–water partition coefficient (Wildman–Crippen LogP) is 1.01. The SMILES string of the molecule is O=C(N/N=C\c1ccc(OCc2ccc(C(=O)[O-])cc2)c(Cl)c1)C(=O)NC1CC1. The van der Waals surface area contributed by atoms with E-state index in [1.807, 2.05) is 0 Å². The summed E-state index contributed by atoms with van der Waals surface area (Å²) >= 11 is 6.19. The first-order chi connectivity index (χ1) is 13.9. The summed E-state index contributed by atoms with van der Waals surface area (Å²) in [5.74, 6) is -2.35. The summed E-state index contributed by atoms with van der Waals surface area (Å²) in [5.41, 5.74) is 3.61. The van der Waals surface area contributed by atoms with Crippen LogP contribution in [0.25, 0.3) is 0 Å². The fourth-order valence-corrected chi connectivity index (χ4v) is 2.55. The van der Waals surface area contributed by atoms with Crippen molar-refractivity contribution in [1.29, 1.82) is 0 Å². The van der Waals surface area contributed by atoms with E-state index in [0.717, 1.165) is 18.4 Å². The van der Waals surface area contributed by atoms with E-state index in [-0.39, 0.29) is 18.2 Å². The number of ether oxygens (including phenoxy) is 1.